The quantitative estimate of drug-likeness (QED) is 0.809. The lowest BCUT2D eigenvalue weighted by Crippen LogP contribution is -2.35. The van der Waals surface area contributed by atoms with Crippen molar-refractivity contribution in [2.45, 2.75) is 31.1 Å². The van der Waals surface area contributed by atoms with Crippen molar-refractivity contribution in [2.24, 2.45) is 0 Å². The summed E-state index contributed by atoms with van der Waals surface area (Å²) in [6.07, 6.45) is 2.27. The van der Waals surface area contributed by atoms with Gasteiger partial charge in [-0.3, -0.25) is 4.72 Å². The molecule has 5 nitrogen and oxygen atoms in total. The van der Waals surface area contributed by atoms with Crippen LogP contribution in [0.25, 0.3) is 0 Å². The molecule has 0 bridgehead atoms. The van der Waals surface area contributed by atoms with E-state index in [1.54, 1.807) is 25.1 Å². The second-order valence-electron chi connectivity index (χ2n) is 4.99. The van der Waals surface area contributed by atoms with Crippen LogP contribution < -0.4 is 14.8 Å². The van der Waals surface area contributed by atoms with Gasteiger partial charge in [0.2, 0.25) is 10.0 Å². The Kier molecular flexibility index (Phi) is 4.78. The molecule has 1 fully saturated rings. The fraction of sp³-hybridized carbons (Fsp3) is 0.538. The average Bonchev–Trinajstić information content (AvgIpc) is 3.19. The van der Waals surface area contributed by atoms with Crippen LogP contribution in [0.2, 0.25) is 5.02 Å². The Morgan fingerprint density at radius 1 is 1.45 bits per heavy atom. The minimum Gasteiger partial charge on any atom is -0.495 e. The molecule has 1 aliphatic carbocycles. The van der Waals surface area contributed by atoms with Crippen molar-refractivity contribution in [2.75, 3.05) is 18.4 Å². The van der Waals surface area contributed by atoms with E-state index in [4.69, 9.17) is 16.3 Å². The van der Waals surface area contributed by atoms with E-state index in [-0.39, 0.29) is 0 Å². The molecule has 1 saturated carbocycles. The Balaban J connectivity index is 2.00. The van der Waals surface area contributed by atoms with Gasteiger partial charge in [0.15, 0.2) is 0 Å². The molecule has 1 atom stereocenters. The van der Waals surface area contributed by atoms with Gasteiger partial charge in [-0.1, -0.05) is 11.6 Å². The van der Waals surface area contributed by atoms with Crippen molar-refractivity contribution in [3.05, 3.63) is 23.2 Å². The Bertz CT molecular complexity index is 573. The van der Waals surface area contributed by atoms with Crippen LogP contribution in [-0.2, 0) is 10.0 Å². The molecule has 20 heavy (non-hydrogen) atoms. The van der Waals surface area contributed by atoms with Crippen LogP contribution >= 0.6 is 11.6 Å². The first-order valence-corrected chi connectivity index (χ1v) is 8.43. The van der Waals surface area contributed by atoms with E-state index < -0.39 is 15.3 Å². The number of rotatable bonds is 7. The van der Waals surface area contributed by atoms with Gasteiger partial charge in [0.1, 0.15) is 5.75 Å². The molecule has 0 aromatic heterocycles. The number of benzene rings is 1. The summed E-state index contributed by atoms with van der Waals surface area (Å²) in [6.45, 7) is 2.13. The molecule has 1 unspecified atom stereocenters. The van der Waals surface area contributed by atoms with E-state index in [9.17, 15) is 8.42 Å². The third kappa shape index (κ3) is 4.01. The maximum atomic E-state index is 12.2. The maximum absolute atomic E-state index is 12.2. The van der Waals surface area contributed by atoms with E-state index >= 15 is 0 Å². The standard InChI is InChI=1S/C13H19ClN2O3S/c1-9(8-15-10-3-4-10)20(17,18)16-11-5-6-13(19-2)12(14)7-11/h5-7,9-10,15-16H,3-4,8H2,1-2H3. The van der Waals surface area contributed by atoms with Gasteiger partial charge in [-0.15, -0.1) is 0 Å². The first-order valence-electron chi connectivity index (χ1n) is 6.51. The number of hydrogen-bond acceptors (Lipinski definition) is 4. The summed E-state index contributed by atoms with van der Waals surface area (Å²) in [5, 5.41) is 3.07. The van der Waals surface area contributed by atoms with Gasteiger partial charge in [-0.05, 0) is 38.0 Å². The molecular weight excluding hydrogens is 300 g/mol. The average molecular weight is 319 g/mol. The van der Waals surface area contributed by atoms with E-state index in [0.717, 1.165) is 12.8 Å². The smallest absolute Gasteiger partial charge is 0.236 e. The third-order valence-corrected chi connectivity index (χ3v) is 5.25. The maximum Gasteiger partial charge on any atom is 0.236 e. The van der Waals surface area contributed by atoms with Gasteiger partial charge >= 0.3 is 0 Å². The third-order valence-electron chi connectivity index (χ3n) is 3.21. The molecule has 1 aliphatic rings. The normalized spacial score (nSPS) is 16.8. The highest BCUT2D eigenvalue weighted by Crippen LogP contribution is 2.28. The number of methoxy groups -OCH3 is 1. The lowest BCUT2D eigenvalue weighted by molar-refractivity contribution is 0.415. The molecule has 1 aromatic carbocycles. The fourth-order valence-electron chi connectivity index (χ4n) is 1.72. The summed E-state index contributed by atoms with van der Waals surface area (Å²) in [7, 11) is -1.92. The first kappa shape index (κ1) is 15.4. The van der Waals surface area contributed by atoms with Gasteiger partial charge in [-0.2, -0.15) is 0 Å². The molecule has 0 saturated heterocycles. The van der Waals surface area contributed by atoms with Gasteiger partial charge in [0.25, 0.3) is 0 Å². The molecular formula is C13H19ClN2O3S. The highest BCUT2D eigenvalue weighted by atomic mass is 35.5. The summed E-state index contributed by atoms with van der Waals surface area (Å²) in [5.74, 6) is 0.512. The van der Waals surface area contributed by atoms with E-state index in [2.05, 4.69) is 10.0 Å². The largest absolute Gasteiger partial charge is 0.495 e. The zero-order valence-corrected chi connectivity index (χ0v) is 13.1. The number of nitrogens with one attached hydrogen (secondary N) is 2. The Labute approximate surface area is 124 Å². The van der Waals surface area contributed by atoms with Gasteiger partial charge in [0, 0.05) is 12.6 Å². The second kappa shape index (κ2) is 6.20. The molecule has 112 valence electrons. The number of hydrogen-bond donors (Lipinski definition) is 2. The summed E-state index contributed by atoms with van der Waals surface area (Å²) >= 11 is 5.98. The van der Waals surface area contributed by atoms with Crippen molar-refractivity contribution in [3.8, 4) is 5.75 Å². The van der Waals surface area contributed by atoms with Crippen LogP contribution in [-0.4, -0.2) is 33.4 Å². The summed E-state index contributed by atoms with van der Waals surface area (Å²) in [5.41, 5.74) is 0.439. The van der Waals surface area contributed by atoms with Crippen LogP contribution in [0.4, 0.5) is 5.69 Å². The topological polar surface area (TPSA) is 67.4 Å². The lowest BCUT2D eigenvalue weighted by atomic mass is 10.3. The Morgan fingerprint density at radius 3 is 2.70 bits per heavy atom. The van der Waals surface area contributed by atoms with Gasteiger partial charge in [-0.25, -0.2) is 8.42 Å². The predicted octanol–water partition coefficient (Wildman–Crippen LogP) is 2.23. The van der Waals surface area contributed by atoms with Crippen molar-refractivity contribution in [3.63, 3.8) is 0 Å². The van der Waals surface area contributed by atoms with Crippen LogP contribution in [0.15, 0.2) is 18.2 Å². The van der Waals surface area contributed by atoms with Gasteiger partial charge in [0.05, 0.1) is 23.1 Å². The monoisotopic (exact) mass is 318 g/mol. The van der Waals surface area contributed by atoms with Crippen molar-refractivity contribution < 1.29 is 13.2 Å². The number of halogens is 1. The van der Waals surface area contributed by atoms with E-state index in [1.165, 1.54) is 7.11 Å². The summed E-state index contributed by atoms with van der Waals surface area (Å²) < 4.78 is 31.9. The minimum absolute atomic E-state index is 0.372. The number of ether oxygens (including phenoxy) is 1. The van der Waals surface area contributed by atoms with Crippen LogP contribution in [0, 0.1) is 0 Å². The second-order valence-corrected chi connectivity index (χ2v) is 7.50. The predicted molar refractivity (Wildman–Crippen MR) is 81.0 cm³/mol. The molecule has 0 amide bonds. The molecule has 0 aliphatic heterocycles. The molecule has 1 aromatic rings. The van der Waals surface area contributed by atoms with Crippen LogP contribution in [0.1, 0.15) is 19.8 Å². The van der Waals surface area contributed by atoms with Crippen molar-refractivity contribution in [1.82, 2.24) is 5.32 Å². The van der Waals surface area contributed by atoms with Crippen molar-refractivity contribution in [1.29, 1.82) is 0 Å². The number of anilines is 1. The Hall–Kier alpha value is -0.980. The molecule has 0 spiro atoms. The molecule has 0 heterocycles. The summed E-state index contributed by atoms with van der Waals surface area (Å²) in [4.78, 5) is 0. The zero-order chi connectivity index (χ0) is 14.8. The van der Waals surface area contributed by atoms with E-state index in [1.807, 2.05) is 0 Å². The van der Waals surface area contributed by atoms with E-state index in [0.29, 0.717) is 29.0 Å². The molecule has 2 rings (SSSR count). The van der Waals surface area contributed by atoms with Gasteiger partial charge < -0.3 is 10.1 Å². The van der Waals surface area contributed by atoms with Crippen LogP contribution in [0.3, 0.4) is 0 Å². The fourth-order valence-corrected chi connectivity index (χ4v) is 2.95. The zero-order valence-electron chi connectivity index (χ0n) is 11.5. The molecule has 2 N–H and O–H groups in total. The highest BCUT2D eigenvalue weighted by molar-refractivity contribution is 7.93. The highest BCUT2D eigenvalue weighted by Gasteiger charge is 2.25. The molecule has 7 heteroatoms. The first-order chi connectivity index (χ1) is 9.42. The minimum atomic E-state index is -3.43. The number of sulfonamides is 1. The summed E-state index contributed by atoms with van der Waals surface area (Å²) in [6, 6.07) is 5.29. The van der Waals surface area contributed by atoms with Crippen LogP contribution in [0.5, 0.6) is 5.75 Å². The lowest BCUT2D eigenvalue weighted by Gasteiger charge is -2.16. The Morgan fingerprint density at radius 2 is 2.15 bits per heavy atom. The SMILES string of the molecule is COc1ccc(NS(=O)(=O)C(C)CNC2CC2)cc1Cl. The van der Waals surface area contributed by atoms with Crippen molar-refractivity contribution >= 4 is 27.3 Å². The molecule has 0 radical (unpaired) electrons.